The van der Waals surface area contributed by atoms with Crippen LogP contribution in [0.15, 0.2) is 18.2 Å². The molecular weight excluding hydrogens is 336 g/mol. The van der Waals surface area contributed by atoms with Crippen molar-refractivity contribution in [1.82, 2.24) is 20.1 Å². The van der Waals surface area contributed by atoms with Gasteiger partial charge in [0.25, 0.3) is 5.91 Å². The van der Waals surface area contributed by atoms with Gasteiger partial charge in [-0.2, -0.15) is 18.3 Å². The van der Waals surface area contributed by atoms with Crippen LogP contribution >= 0.6 is 12.2 Å². The fourth-order valence-corrected chi connectivity index (χ4v) is 2.03. The third-order valence-corrected chi connectivity index (χ3v) is 3.51. The topological polar surface area (TPSA) is 62.7 Å². The van der Waals surface area contributed by atoms with E-state index in [-0.39, 0.29) is 12.1 Å². The first-order chi connectivity index (χ1) is 10.7. The predicted octanol–water partition coefficient (Wildman–Crippen LogP) is 2.61. The van der Waals surface area contributed by atoms with E-state index in [4.69, 9.17) is 12.2 Å². The summed E-state index contributed by atoms with van der Waals surface area (Å²) in [5.74, 6) is -1.56. The lowest BCUT2D eigenvalue weighted by molar-refractivity contribution is -0.140. The van der Waals surface area contributed by atoms with E-state index in [1.807, 2.05) is 0 Å². The van der Waals surface area contributed by atoms with Crippen LogP contribution in [0, 0.1) is 10.6 Å². The second kappa shape index (κ2) is 6.49. The van der Waals surface area contributed by atoms with Gasteiger partial charge in [-0.25, -0.2) is 4.39 Å². The van der Waals surface area contributed by atoms with Gasteiger partial charge in [0.1, 0.15) is 11.6 Å². The molecule has 0 saturated heterocycles. The summed E-state index contributed by atoms with van der Waals surface area (Å²) in [4.78, 5) is 11.9. The van der Waals surface area contributed by atoms with Crippen molar-refractivity contribution in [2.45, 2.75) is 12.6 Å². The summed E-state index contributed by atoms with van der Waals surface area (Å²) in [6.07, 6.45) is -4.52. The summed E-state index contributed by atoms with van der Waals surface area (Å²) in [5, 5.41) is 8.96. The Balaban J connectivity index is 2.04. The van der Waals surface area contributed by atoms with Crippen LogP contribution in [0.1, 0.15) is 21.7 Å². The number of rotatable bonds is 4. The fraction of sp³-hybridized carbons (Fsp3) is 0.308. The number of carbonyl (C=O) groups excluding carboxylic acids is 1. The Morgan fingerprint density at radius 1 is 1.43 bits per heavy atom. The van der Waals surface area contributed by atoms with Crippen molar-refractivity contribution in [1.29, 1.82) is 0 Å². The van der Waals surface area contributed by atoms with Crippen LogP contribution in [-0.4, -0.2) is 27.2 Å². The highest BCUT2D eigenvalue weighted by atomic mass is 32.1. The van der Waals surface area contributed by atoms with Crippen LogP contribution in [0.2, 0.25) is 0 Å². The van der Waals surface area contributed by atoms with E-state index < -0.39 is 23.5 Å². The molecule has 5 nitrogen and oxygen atoms in total. The maximum atomic E-state index is 13.2. The lowest BCUT2D eigenvalue weighted by atomic mass is 10.1. The Bertz CT molecular complexity index is 781. The van der Waals surface area contributed by atoms with Gasteiger partial charge in [-0.1, -0.05) is 0 Å². The van der Waals surface area contributed by atoms with Gasteiger partial charge in [-0.15, -0.1) is 0 Å². The average molecular weight is 348 g/mol. The number of alkyl halides is 3. The quantitative estimate of drug-likeness (QED) is 0.660. The third-order valence-electron chi connectivity index (χ3n) is 3.14. The Labute approximate surface area is 133 Å². The number of carbonyl (C=O) groups is 1. The Hall–Kier alpha value is -2.23. The lowest BCUT2D eigenvalue weighted by Crippen LogP contribution is -2.27. The van der Waals surface area contributed by atoms with Crippen molar-refractivity contribution < 1.29 is 22.4 Å². The first-order valence-corrected chi connectivity index (χ1v) is 6.86. The van der Waals surface area contributed by atoms with Crippen molar-refractivity contribution in [2.24, 2.45) is 7.05 Å². The molecule has 2 N–H and O–H groups in total. The first-order valence-electron chi connectivity index (χ1n) is 6.45. The van der Waals surface area contributed by atoms with Gasteiger partial charge in [0.15, 0.2) is 4.77 Å². The summed E-state index contributed by atoms with van der Waals surface area (Å²) >= 11 is 4.93. The second-order valence-electron chi connectivity index (χ2n) is 4.70. The molecule has 2 aromatic rings. The fourth-order valence-electron chi connectivity index (χ4n) is 1.88. The monoisotopic (exact) mass is 348 g/mol. The van der Waals surface area contributed by atoms with E-state index >= 15 is 0 Å². The van der Waals surface area contributed by atoms with Crippen LogP contribution < -0.4 is 5.32 Å². The molecule has 2 rings (SSSR count). The van der Waals surface area contributed by atoms with Crippen LogP contribution in [0.5, 0.6) is 0 Å². The molecule has 0 atom stereocenters. The molecule has 0 aliphatic rings. The number of H-pyrrole nitrogens is 1. The molecule has 23 heavy (non-hydrogen) atoms. The van der Waals surface area contributed by atoms with Crippen molar-refractivity contribution >= 4 is 18.1 Å². The molecule has 0 radical (unpaired) electrons. The molecular formula is C13H12F4N4OS. The minimum atomic E-state index is -4.86. The second-order valence-corrected chi connectivity index (χ2v) is 5.09. The average Bonchev–Trinajstić information content (AvgIpc) is 2.78. The molecule has 1 aromatic carbocycles. The van der Waals surface area contributed by atoms with E-state index in [1.165, 1.54) is 0 Å². The zero-order valence-electron chi connectivity index (χ0n) is 11.9. The molecule has 0 unspecified atom stereocenters. The highest BCUT2D eigenvalue weighted by Crippen LogP contribution is 2.31. The van der Waals surface area contributed by atoms with Crippen LogP contribution in [0.4, 0.5) is 17.6 Å². The van der Waals surface area contributed by atoms with Crippen molar-refractivity contribution in [3.05, 3.63) is 45.7 Å². The van der Waals surface area contributed by atoms with E-state index in [0.29, 0.717) is 29.1 Å². The van der Waals surface area contributed by atoms with Gasteiger partial charge < -0.3 is 9.88 Å². The Kier molecular flexibility index (Phi) is 4.83. The number of aromatic amines is 1. The van der Waals surface area contributed by atoms with Gasteiger partial charge in [0, 0.05) is 25.6 Å². The molecule has 1 amide bonds. The largest absolute Gasteiger partial charge is 0.419 e. The number of hydrogen-bond acceptors (Lipinski definition) is 3. The van der Waals surface area contributed by atoms with Gasteiger partial charge in [-0.3, -0.25) is 9.89 Å². The summed E-state index contributed by atoms with van der Waals surface area (Å²) < 4.78 is 53.1. The highest BCUT2D eigenvalue weighted by molar-refractivity contribution is 7.71. The SMILES string of the molecule is Cn1c(CCNC(=O)c2ccc(F)c(C(F)(F)F)c2)n[nH]c1=S. The molecule has 0 spiro atoms. The standard InChI is InChI=1S/C13H12F4N4OS/c1-21-10(19-20-12(21)23)4-5-18-11(22)7-2-3-9(14)8(6-7)13(15,16)17/h2-3,6H,4-5H2,1H3,(H,18,22)(H,20,23). The van der Waals surface area contributed by atoms with E-state index in [0.717, 1.165) is 6.07 Å². The highest BCUT2D eigenvalue weighted by Gasteiger charge is 2.34. The van der Waals surface area contributed by atoms with Crippen molar-refractivity contribution in [2.75, 3.05) is 6.54 Å². The summed E-state index contributed by atoms with van der Waals surface area (Å²) in [6, 6.07) is 2.10. The zero-order valence-corrected chi connectivity index (χ0v) is 12.7. The molecule has 10 heteroatoms. The Morgan fingerprint density at radius 2 is 2.13 bits per heavy atom. The number of amides is 1. The molecule has 0 bridgehead atoms. The van der Waals surface area contributed by atoms with Gasteiger partial charge in [0.2, 0.25) is 0 Å². The number of benzene rings is 1. The number of halogens is 4. The van der Waals surface area contributed by atoms with E-state index in [2.05, 4.69) is 15.5 Å². The minimum absolute atomic E-state index is 0.144. The molecule has 0 aliphatic heterocycles. The van der Waals surface area contributed by atoms with Crippen molar-refractivity contribution in [3.8, 4) is 0 Å². The summed E-state index contributed by atoms with van der Waals surface area (Å²) in [6.45, 7) is 0.144. The first kappa shape index (κ1) is 17.1. The van der Waals surface area contributed by atoms with Crippen molar-refractivity contribution in [3.63, 3.8) is 0 Å². The third kappa shape index (κ3) is 3.95. The predicted molar refractivity (Wildman–Crippen MR) is 75.8 cm³/mol. The summed E-state index contributed by atoms with van der Waals surface area (Å²) in [7, 11) is 1.69. The maximum Gasteiger partial charge on any atom is 0.419 e. The molecule has 124 valence electrons. The molecule has 1 aromatic heterocycles. The number of aromatic nitrogens is 3. The minimum Gasteiger partial charge on any atom is -0.352 e. The van der Waals surface area contributed by atoms with Crippen LogP contribution in [0.25, 0.3) is 0 Å². The Morgan fingerprint density at radius 3 is 2.70 bits per heavy atom. The number of nitrogens with zero attached hydrogens (tertiary/aromatic N) is 2. The van der Waals surface area contributed by atoms with E-state index in [1.54, 1.807) is 11.6 Å². The molecule has 1 heterocycles. The zero-order chi connectivity index (χ0) is 17.2. The van der Waals surface area contributed by atoms with Crippen LogP contribution in [-0.2, 0) is 19.6 Å². The molecule has 0 fully saturated rings. The van der Waals surface area contributed by atoms with Gasteiger partial charge in [0.05, 0.1) is 5.56 Å². The molecule has 0 saturated carbocycles. The maximum absolute atomic E-state index is 13.2. The van der Waals surface area contributed by atoms with Gasteiger partial charge >= 0.3 is 6.18 Å². The summed E-state index contributed by atoms with van der Waals surface area (Å²) in [5.41, 5.74) is -1.74. The van der Waals surface area contributed by atoms with E-state index in [9.17, 15) is 22.4 Å². The van der Waals surface area contributed by atoms with Crippen LogP contribution in [0.3, 0.4) is 0 Å². The normalized spacial score (nSPS) is 11.5. The number of nitrogens with one attached hydrogen (secondary N) is 2. The lowest BCUT2D eigenvalue weighted by Gasteiger charge is -2.10. The van der Waals surface area contributed by atoms with Gasteiger partial charge in [-0.05, 0) is 30.4 Å². The smallest absolute Gasteiger partial charge is 0.352 e. The number of hydrogen-bond donors (Lipinski definition) is 2. The molecule has 0 aliphatic carbocycles.